The molecule has 0 aromatic rings. The molecule has 0 aromatic heterocycles. The minimum Gasteiger partial charge on any atom is -0.385 e. The highest BCUT2D eigenvalue weighted by Gasteiger charge is 2.36. The predicted molar refractivity (Wildman–Crippen MR) is 125 cm³/mol. The van der Waals surface area contributed by atoms with Crippen LogP contribution in [0.3, 0.4) is 0 Å². The largest absolute Gasteiger partial charge is 0.385 e. The predicted octanol–water partition coefficient (Wildman–Crippen LogP) is 2.39. The molecule has 2 N–H and O–H groups in total. The molecule has 1 aliphatic carbocycles. The van der Waals surface area contributed by atoms with Crippen molar-refractivity contribution in [2.24, 2.45) is 10.4 Å². The number of methoxy groups -OCH3 is 1. The van der Waals surface area contributed by atoms with Crippen LogP contribution in [0, 0.1) is 5.41 Å². The molecular formula is C20H42IN5O. The third kappa shape index (κ3) is 9.28. The first-order valence-electron chi connectivity index (χ1n) is 10.6. The molecule has 1 saturated heterocycles. The van der Waals surface area contributed by atoms with Gasteiger partial charge in [0.05, 0.1) is 0 Å². The fourth-order valence-electron chi connectivity index (χ4n) is 3.81. The fourth-order valence-corrected chi connectivity index (χ4v) is 3.81. The number of halogens is 1. The highest BCUT2D eigenvalue weighted by atomic mass is 127. The third-order valence-electron chi connectivity index (χ3n) is 5.96. The van der Waals surface area contributed by atoms with Gasteiger partial charge in [-0.15, -0.1) is 24.0 Å². The molecule has 0 bridgehead atoms. The van der Waals surface area contributed by atoms with Crippen molar-refractivity contribution in [3.05, 3.63) is 0 Å². The van der Waals surface area contributed by atoms with Crippen molar-refractivity contribution in [3.63, 3.8) is 0 Å². The Bertz CT molecular complexity index is 409. The molecule has 0 spiro atoms. The first-order valence-corrected chi connectivity index (χ1v) is 10.6. The van der Waals surface area contributed by atoms with Crippen molar-refractivity contribution in [3.8, 4) is 0 Å². The molecule has 2 aliphatic rings. The number of aliphatic imine (C=N–C) groups is 1. The average molecular weight is 495 g/mol. The van der Waals surface area contributed by atoms with Crippen LogP contribution < -0.4 is 10.6 Å². The van der Waals surface area contributed by atoms with Crippen molar-refractivity contribution in [1.82, 2.24) is 20.4 Å². The van der Waals surface area contributed by atoms with Crippen molar-refractivity contribution >= 4 is 29.9 Å². The maximum absolute atomic E-state index is 5.29. The zero-order valence-electron chi connectivity index (χ0n) is 17.8. The molecule has 2 fully saturated rings. The van der Waals surface area contributed by atoms with E-state index in [2.05, 4.69) is 34.4 Å². The minimum absolute atomic E-state index is 0. The van der Waals surface area contributed by atoms with E-state index in [0.717, 1.165) is 38.6 Å². The van der Waals surface area contributed by atoms with E-state index in [1.807, 2.05) is 0 Å². The summed E-state index contributed by atoms with van der Waals surface area (Å²) in [7, 11) is 4.01. The van der Waals surface area contributed by atoms with E-state index in [1.165, 1.54) is 64.8 Å². The van der Waals surface area contributed by atoms with Gasteiger partial charge in [0.25, 0.3) is 0 Å². The lowest BCUT2D eigenvalue weighted by Gasteiger charge is -2.40. The maximum atomic E-state index is 5.29. The Balaban J connectivity index is 0.00000364. The van der Waals surface area contributed by atoms with Gasteiger partial charge in [-0.1, -0.05) is 6.42 Å². The Morgan fingerprint density at radius 3 is 2.44 bits per heavy atom. The molecule has 0 unspecified atom stereocenters. The summed E-state index contributed by atoms with van der Waals surface area (Å²) >= 11 is 0. The Labute approximate surface area is 183 Å². The lowest BCUT2D eigenvalue weighted by molar-refractivity contribution is 0.0778. The van der Waals surface area contributed by atoms with Gasteiger partial charge in [0, 0.05) is 59.5 Å². The summed E-state index contributed by atoms with van der Waals surface area (Å²) < 4.78 is 5.29. The van der Waals surface area contributed by atoms with E-state index in [1.54, 1.807) is 7.11 Å². The van der Waals surface area contributed by atoms with E-state index in [0.29, 0.717) is 5.41 Å². The summed E-state index contributed by atoms with van der Waals surface area (Å²) in [4.78, 5) is 9.89. The Hall–Kier alpha value is -0.120. The van der Waals surface area contributed by atoms with Gasteiger partial charge in [-0.3, -0.25) is 4.99 Å². The van der Waals surface area contributed by atoms with E-state index in [-0.39, 0.29) is 24.0 Å². The van der Waals surface area contributed by atoms with Gasteiger partial charge in [0.1, 0.15) is 0 Å². The molecule has 2 rings (SSSR count). The highest BCUT2D eigenvalue weighted by Crippen LogP contribution is 2.44. The molecule has 1 aliphatic heterocycles. The first-order chi connectivity index (χ1) is 12.7. The number of piperazine rings is 1. The summed E-state index contributed by atoms with van der Waals surface area (Å²) in [5, 5.41) is 6.92. The van der Waals surface area contributed by atoms with Crippen LogP contribution in [0.4, 0.5) is 0 Å². The van der Waals surface area contributed by atoms with E-state index in [4.69, 9.17) is 9.73 Å². The SMILES string of the molecule is CCNC(=NCC1(CCOC)CCC1)NCCCCN1CCN(C)CC1.I. The van der Waals surface area contributed by atoms with Crippen molar-refractivity contribution < 1.29 is 4.74 Å². The zero-order valence-corrected chi connectivity index (χ0v) is 20.1. The van der Waals surface area contributed by atoms with Gasteiger partial charge >= 0.3 is 0 Å². The van der Waals surface area contributed by atoms with Crippen LogP contribution in [0.15, 0.2) is 4.99 Å². The van der Waals surface area contributed by atoms with Gasteiger partial charge in [-0.25, -0.2) is 0 Å². The van der Waals surface area contributed by atoms with Crippen LogP contribution >= 0.6 is 24.0 Å². The summed E-state index contributed by atoms with van der Waals surface area (Å²) in [5.41, 5.74) is 0.389. The number of hydrogen-bond acceptors (Lipinski definition) is 4. The quantitative estimate of drug-likeness (QED) is 0.200. The maximum Gasteiger partial charge on any atom is 0.191 e. The van der Waals surface area contributed by atoms with Gasteiger partial charge in [-0.05, 0) is 58.0 Å². The smallest absolute Gasteiger partial charge is 0.191 e. The Morgan fingerprint density at radius 2 is 1.85 bits per heavy atom. The van der Waals surface area contributed by atoms with Crippen LogP contribution in [0.5, 0.6) is 0 Å². The Morgan fingerprint density at radius 1 is 1.11 bits per heavy atom. The average Bonchev–Trinajstić information content (AvgIpc) is 2.61. The number of rotatable bonds is 11. The number of nitrogens with zero attached hydrogens (tertiary/aromatic N) is 3. The summed E-state index contributed by atoms with van der Waals surface area (Å²) in [6.07, 6.45) is 7.53. The van der Waals surface area contributed by atoms with Crippen molar-refractivity contribution in [2.75, 3.05) is 73.1 Å². The van der Waals surface area contributed by atoms with Crippen LogP contribution in [-0.2, 0) is 4.74 Å². The van der Waals surface area contributed by atoms with Gasteiger partial charge < -0.3 is 25.2 Å². The third-order valence-corrected chi connectivity index (χ3v) is 5.96. The molecule has 160 valence electrons. The summed E-state index contributed by atoms with van der Waals surface area (Å²) in [5.74, 6) is 0.982. The second-order valence-corrected chi connectivity index (χ2v) is 8.07. The fraction of sp³-hybridized carbons (Fsp3) is 0.950. The molecule has 0 amide bonds. The number of guanidine groups is 1. The number of ether oxygens (including phenoxy) is 1. The molecule has 0 radical (unpaired) electrons. The Kier molecular flexibility index (Phi) is 12.9. The number of likely N-dealkylation sites (N-methyl/N-ethyl adjacent to an activating group) is 1. The van der Waals surface area contributed by atoms with Gasteiger partial charge in [0.2, 0.25) is 0 Å². The van der Waals surface area contributed by atoms with Crippen LogP contribution in [-0.4, -0.2) is 88.9 Å². The molecule has 1 saturated carbocycles. The second kappa shape index (κ2) is 14.0. The first kappa shape index (κ1) is 24.9. The monoisotopic (exact) mass is 495 g/mol. The lowest BCUT2D eigenvalue weighted by Crippen LogP contribution is -2.44. The molecule has 0 atom stereocenters. The number of nitrogens with one attached hydrogen (secondary N) is 2. The van der Waals surface area contributed by atoms with Gasteiger partial charge in [0.15, 0.2) is 5.96 Å². The van der Waals surface area contributed by atoms with Crippen LogP contribution in [0.1, 0.15) is 45.4 Å². The van der Waals surface area contributed by atoms with E-state index in [9.17, 15) is 0 Å². The molecule has 1 heterocycles. The van der Waals surface area contributed by atoms with Crippen molar-refractivity contribution in [1.29, 1.82) is 0 Å². The number of hydrogen-bond donors (Lipinski definition) is 2. The normalized spacial score (nSPS) is 20.6. The summed E-state index contributed by atoms with van der Waals surface area (Å²) in [6.45, 7) is 11.9. The molecule has 7 heteroatoms. The molecule has 6 nitrogen and oxygen atoms in total. The minimum atomic E-state index is 0. The lowest BCUT2D eigenvalue weighted by atomic mass is 9.67. The van der Waals surface area contributed by atoms with Gasteiger partial charge in [-0.2, -0.15) is 0 Å². The second-order valence-electron chi connectivity index (χ2n) is 8.07. The highest BCUT2D eigenvalue weighted by molar-refractivity contribution is 14.0. The van der Waals surface area contributed by atoms with Crippen molar-refractivity contribution in [2.45, 2.75) is 45.4 Å². The topological polar surface area (TPSA) is 52.1 Å². The molecular weight excluding hydrogens is 453 g/mol. The van der Waals surface area contributed by atoms with Crippen LogP contribution in [0.25, 0.3) is 0 Å². The molecule has 0 aromatic carbocycles. The van der Waals surface area contributed by atoms with E-state index >= 15 is 0 Å². The zero-order chi connectivity index (χ0) is 18.7. The van der Waals surface area contributed by atoms with E-state index < -0.39 is 0 Å². The summed E-state index contributed by atoms with van der Waals surface area (Å²) in [6, 6.07) is 0. The number of unbranched alkanes of at least 4 members (excludes halogenated alkanes) is 1. The van der Waals surface area contributed by atoms with Crippen LogP contribution in [0.2, 0.25) is 0 Å². The molecule has 27 heavy (non-hydrogen) atoms. The standard InChI is InChI=1S/C20H41N5O.HI/c1-4-21-19(23-18-20(8-7-9-20)10-17-26-3)22-11-5-6-12-25-15-13-24(2)14-16-25;/h4-18H2,1-3H3,(H2,21,22,23);1H.